The van der Waals surface area contributed by atoms with E-state index >= 15 is 0 Å². The Bertz CT molecular complexity index is 765. The van der Waals surface area contributed by atoms with Crippen LogP contribution in [0.15, 0.2) is 0 Å². The molecule has 0 amide bonds. The molecule has 5 fully saturated rings. The van der Waals surface area contributed by atoms with Crippen LogP contribution < -0.4 is 0 Å². The molecular weight excluding hydrogens is 540 g/mol. The molecule has 5 aliphatic rings. The molecule has 0 aromatic carbocycles. The Morgan fingerprint density at radius 1 is 0.512 bits per heavy atom. The largest absolute Gasteiger partial charge is 0.380 e. The molecule has 43 heavy (non-hydrogen) atoms. The van der Waals surface area contributed by atoms with E-state index in [1.54, 1.807) is 0 Å². The van der Waals surface area contributed by atoms with Crippen molar-refractivity contribution in [3.05, 3.63) is 0 Å². The molecule has 3 saturated heterocycles. The molecule has 4 atom stereocenters. The quantitative estimate of drug-likeness (QED) is 0.179. The fourth-order valence-corrected chi connectivity index (χ4v) is 8.62. The van der Waals surface area contributed by atoms with E-state index in [1.807, 2.05) is 0 Å². The van der Waals surface area contributed by atoms with Crippen LogP contribution in [0.2, 0.25) is 0 Å². The fourth-order valence-electron chi connectivity index (χ4n) is 8.62. The van der Waals surface area contributed by atoms with Gasteiger partial charge in [-0.15, -0.1) is 0 Å². The van der Waals surface area contributed by atoms with Gasteiger partial charge >= 0.3 is 0 Å². The van der Waals surface area contributed by atoms with E-state index in [0.717, 1.165) is 110 Å². The molecule has 6 heteroatoms. The first-order chi connectivity index (χ1) is 21.0. The molecule has 4 unspecified atom stereocenters. The first-order valence-electron chi connectivity index (χ1n) is 18.5. The van der Waals surface area contributed by atoms with Crippen molar-refractivity contribution in [3.8, 4) is 0 Å². The summed E-state index contributed by atoms with van der Waals surface area (Å²) in [4.78, 5) is 0. The Kier molecular flexibility index (Phi) is 13.1. The van der Waals surface area contributed by atoms with E-state index in [2.05, 4.69) is 20.8 Å². The van der Waals surface area contributed by atoms with Crippen molar-refractivity contribution in [2.75, 3.05) is 79.3 Å². The van der Waals surface area contributed by atoms with Gasteiger partial charge in [0.2, 0.25) is 0 Å². The molecule has 5 rings (SSSR count). The maximum Gasteiger partial charge on any atom is 0.0566 e. The molecular formula is C37H66O6. The first-order valence-corrected chi connectivity index (χ1v) is 18.5. The summed E-state index contributed by atoms with van der Waals surface area (Å²) in [7, 11) is 0. The minimum atomic E-state index is 0.243. The molecule has 2 saturated carbocycles. The molecule has 6 nitrogen and oxygen atoms in total. The lowest BCUT2D eigenvalue weighted by atomic mass is 9.67. The Balaban J connectivity index is 1.26. The summed E-state index contributed by atoms with van der Waals surface area (Å²) in [5, 5.41) is 0. The Labute approximate surface area is 264 Å². The first kappa shape index (κ1) is 34.1. The molecule has 0 radical (unpaired) electrons. The van der Waals surface area contributed by atoms with E-state index in [9.17, 15) is 0 Å². The summed E-state index contributed by atoms with van der Waals surface area (Å²) in [5.41, 5.74) is 0.754. The third kappa shape index (κ3) is 9.19. The zero-order valence-electron chi connectivity index (χ0n) is 28.2. The van der Waals surface area contributed by atoms with E-state index < -0.39 is 0 Å². The van der Waals surface area contributed by atoms with Gasteiger partial charge in [0.15, 0.2) is 0 Å². The second-order valence-corrected chi connectivity index (χ2v) is 15.9. The summed E-state index contributed by atoms with van der Waals surface area (Å²) >= 11 is 0. The number of ether oxygens (including phenoxy) is 6. The third-order valence-corrected chi connectivity index (χ3v) is 12.5. The van der Waals surface area contributed by atoms with Gasteiger partial charge < -0.3 is 28.4 Å². The lowest BCUT2D eigenvalue weighted by molar-refractivity contribution is -0.160. The van der Waals surface area contributed by atoms with Gasteiger partial charge in [0.1, 0.15) is 0 Å². The molecule has 0 N–H and O–H groups in total. The fraction of sp³-hybridized carbons (Fsp3) is 1.00. The lowest BCUT2D eigenvalue weighted by Gasteiger charge is -2.43. The predicted octanol–water partition coefficient (Wildman–Crippen LogP) is 7.72. The predicted molar refractivity (Wildman–Crippen MR) is 171 cm³/mol. The zero-order valence-corrected chi connectivity index (χ0v) is 28.2. The summed E-state index contributed by atoms with van der Waals surface area (Å²) in [5.74, 6) is 3.39. The molecule has 3 heterocycles. The van der Waals surface area contributed by atoms with Crippen molar-refractivity contribution in [1.29, 1.82) is 0 Å². The number of hydrogen-bond donors (Lipinski definition) is 0. The average molecular weight is 607 g/mol. The summed E-state index contributed by atoms with van der Waals surface area (Å²) in [6.45, 7) is 17.3. The van der Waals surface area contributed by atoms with Crippen molar-refractivity contribution < 1.29 is 28.4 Å². The van der Waals surface area contributed by atoms with Crippen LogP contribution in [0.4, 0.5) is 0 Å². The van der Waals surface area contributed by atoms with Crippen LogP contribution in [0.3, 0.4) is 0 Å². The second kappa shape index (κ2) is 16.5. The topological polar surface area (TPSA) is 55.4 Å². The van der Waals surface area contributed by atoms with Crippen molar-refractivity contribution in [1.82, 2.24) is 0 Å². The van der Waals surface area contributed by atoms with Gasteiger partial charge in [0.25, 0.3) is 0 Å². The van der Waals surface area contributed by atoms with E-state index in [4.69, 9.17) is 28.4 Å². The summed E-state index contributed by atoms with van der Waals surface area (Å²) in [6.07, 6.45) is 18.4. The maximum atomic E-state index is 6.68. The number of hydrogen-bond acceptors (Lipinski definition) is 6. The normalized spacial score (nSPS) is 32.7. The van der Waals surface area contributed by atoms with Gasteiger partial charge in [-0.25, -0.2) is 0 Å². The van der Waals surface area contributed by atoms with Crippen molar-refractivity contribution in [2.24, 2.45) is 45.8 Å². The smallest absolute Gasteiger partial charge is 0.0566 e. The molecule has 0 spiro atoms. The maximum absolute atomic E-state index is 6.68. The van der Waals surface area contributed by atoms with Crippen LogP contribution in [0, 0.1) is 45.8 Å². The van der Waals surface area contributed by atoms with Gasteiger partial charge in [-0.3, -0.25) is 0 Å². The molecule has 0 aromatic heterocycles. The van der Waals surface area contributed by atoms with E-state index in [1.165, 1.54) is 70.6 Å². The van der Waals surface area contributed by atoms with Crippen LogP contribution in [0.5, 0.6) is 0 Å². The van der Waals surface area contributed by atoms with Crippen molar-refractivity contribution in [3.63, 3.8) is 0 Å². The van der Waals surface area contributed by atoms with Gasteiger partial charge in [-0.05, 0) is 74.5 Å². The lowest BCUT2D eigenvalue weighted by Crippen LogP contribution is -2.46. The highest BCUT2D eigenvalue weighted by atomic mass is 16.5. The molecule has 3 aliphatic heterocycles. The summed E-state index contributed by atoms with van der Waals surface area (Å²) < 4.78 is 36.6. The standard InChI is InChI=1S/C37H66O6/c1-4-35(24-41-25-35)21-38-18-30-14-15-34(32-12-10-8-7-9-11-13-32)33(20-40-23-37(6-3)28-43-29-37)17-31(16-30)19-39-22-36(5-2)26-42-27-36/h30-34H,4-29H2,1-3H3. The molecule has 250 valence electrons. The third-order valence-electron chi connectivity index (χ3n) is 12.5. The molecule has 2 aliphatic carbocycles. The van der Waals surface area contributed by atoms with Gasteiger partial charge in [-0.1, -0.05) is 65.7 Å². The zero-order chi connectivity index (χ0) is 30.0. The van der Waals surface area contributed by atoms with Crippen LogP contribution in [0.25, 0.3) is 0 Å². The minimum absolute atomic E-state index is 0.243. The SMILES string of the molecule is CCC1(COCC2CCC(C3CCCCCCC3)C(COCC3(CC)COC3)CC(COCC3(CC)COC3)C2)COC1. The average Bonchev–Trinajstić information content (AvgIpc) is 2.92. The molecule has 0 aromatic rings. The number of rotatable bonds is 16. The monoisotopic (exact) mass is 606 g/mol. The van der Waals surface area contributed by atoms with Crippen LogP contribution in [0.1, 0.15) is 111 Å². The van der Waals surface area contributed by atoms with Gasteiger partial charge in [-0.2, -0.15) is 0 Å². The van der Waals surface area contributed by atoms with Crippen LogP contribution >= 0.6 is 0 Å². The highest BCUT2D eigenvalue weighted by molar-refractivity contribution is 4.89. The molecule has 0 bridgehead atoms. The minimum Gasteiger partial charge on any atom is -0.380 e. The van der Waals surface area contributed by atoms with Crippen LogP contribution in [-0.4, -0.2) is 79.3 Å². The van der Waals surface area contributed by atoms with E-state index in [0.29, 0.717) is 17.8 Å². The highest BCUT2D eigenvalue weighted by Crippen LogP contribution is 2.43. The van der Waals surface area contributed by atoms with E-state index in [-0.39, 0.29) is 16.2 Å². The van der Waals surface area contributed by atoms with Gasteiger partial charge in [0, 0.05) is 36.1 Å². The summed E-state index contributed by atoms with van der Waals surface area (Å²) in [6, 6.07) is 0. The van der Waals surface area contributed by atoms with Crippen molar-refractivity contribution >= 4 is 0 Å². The second-order valence-electron chi connectivity index (χ2n) is 15.9. The Morgan fingerprint density at radius 2 is 0.977 bits per heavy atom. The van der Waals surface area contributed by atoms with Crippen molar-refractivity contribution in [2.45, 2.75) is 111 Å². The highest BCUT2D eigenvalue weighted by Gasteiger charge is 2.41. The van der Waals surface area contributed by atoms with Crippen LogP contribution in [-0.2, 0) is 28.4 Å². The Morgan fingerprint density at radius 3 is 1.44 bits per heavy atom. The van der Waals surface area contributed by atoms with Gasteiger partial charge in [0.05, 0.1) is 59.5 Å². The Hall–Kier alpha value is -0.240.